The number of fused-ring (bicyclic) bond motifs is 3. The van der Waals surface area contributed by atoms with E-state index < -0.39 is 8.07 Å². The second kappa shape index (κ2) is 3.69. The Morgan fingerprint density at radius 2 is 1.94 bits per heavy atom. The number of hydrogen-bond donors (Lipinski definition) is 0. The highest BCUT2D eigenvalue weighted by atomic mass is 28.3. The van der Waals surface area contributed by atoms with Crippen LogP contribution in [0.25, 0.3) is 10.9 Å². The minimum atomic E-state index is -1.34. The molecule has 18 heavy (non-hydrogen) atoms. The minimum Gasteiger partial charge on any atom is -0.333 e. The van der Waals surface area contributed by atoms with E-state index in [1.165, 1.54) is 5.52 Å². The second-order valence-electron chi connectivity index (χ2n) is 6.04. The van der Waals surface area contributed by atoms with Gasteiger partial charge in [0.1, 0.15) is 0 Å². The Balaban J connectivity index is 2.13. The van der Waals surface area contributed by atoms with Crippen LogP contribution in [0.5, 0.6) is 0 Å². The van der Waals surface area contributed by atoms with Gasteiger partial charge in [0.2, 0.25) is 5.78 Å². The maximum absolute atomic E-state index is 12.4. The molecule has 1 aromatic carbocycles. The normalized spacial score (nSPS) is 17.7. The topological polar surface area (TPSA) is 22.0 Å². The van der Waals surface area contributed by atoms with Gasteiger partial charge in [-0.3, -0.25) is 4.79 Å². The van der Waals surface area contributed by atoms with Gasteiger partial charge >= 0.3 is 0 Å². The summed E-state index contributed by atoms with van der Waals surface area (Å²) >= 11 is 0. The van der Waals surface area contributed by atoms with Gasteiger partial charge in [-0.25, -0.2) is 0 Å². The molecule has 0 saturated carbocycles. The summed E-state index contributed by atoms with van der Waals surface area (Å²) in [7, 11) is -1.34. The number of para-hydroxylation sites is 1. The zero-order valence-electron chi connectivity index (χ0n) is 11.0. The number of Topliss-reactive ketones (excluding diaryl/α,β-unsaturated/α-hetero) is 1. The van der Waals surface area contributed by atoms with E-state index in [9.17, 15) is 4.79 Å². The summed E-state index contributed by atoms with van der Waals surface area (Å²) in [5, 5.41) is 1.16. The number of allylic oxidation sites excluding steroid dienone is 1. The van der Waals surface area contributed by atoms with Crippen LogP contribution in [0.2, 0.25) is 19.6 Å². The molecular weight excluding hydrogens is 238 g/mol. The third-order valence-electron chi connectivity index (χ3n) is 3.27. The van der Waals surface area contributed by atoms with E-state index in [4.69, 9.17) is 0 Å². The molecule has 0 aliphatic carbocycles. The zero-order valence-corrected chi connectivity index (χ0v) is 12.0. The number of nitrogens with zero attached hydrogens (tertiary/aromatic N) is 1. The van der Waals surface area contributed by atoms with Crippen molar-refractivity contribution < 1.29 is 4.79 Å². The fourth-order valence-electron chi connectivity index (χ4n) is 2.61. The van der Waals surface area contributed by atoms with Crippen molar-refractivity contribution in [2.45, 2.75) is 26.2 Å². The van der Waals surface area contributed by atoms with Crippen LogP contribution in [0.15, 0.2) is 41.6 Å². The molecule has 0 atom stereocenters. The Morgan fingerprint density at radius 3 is 2.67 bits per heavy atom. The SMILES string of the molecule is C[Si](C)(C)/C=C1\Cn2c(cc3ccccc32)C1=O. The highest BCUT2D eigenvalue weighted by Gasteiger charge is 2.28. The molecule has 2 heterocycles. The van der Waals surface area contributed by atoms with E-state index in [0.717, 1.165) is 23.2 Å². The van der Waals surface area contributed by atoms with E-state index in [2.05, 4.69) is 42.0 Å². The summed E-state index contributed by atoms with van der Waals surface area (Å²) in [5.74, 6) is 0.216. The molecule has 0 spiro atoms. The summed E-state index contributed by atoms with van der Waals surface area (Å²) in [6.07, 6.45) is 0. The van der Waals surface area contributed by atoms with Crippen molar-refractivity contribution in [3.05, 3.63) is 47.3 Å². The molecule has 3 heteroatoms. The van der Waals surface area contributed by atoms with Crippen LogP contribution in [-0.2, 0) is 6.54 Å². The highest BCUT2D eigenvalue weighted by molar-refractivity contribution is 6.81. The molecule has 92 valence electrons. The number of ketones is 1. The molecule has 0 saturated heterocycles. The first-order chi connectivity index (χ1) is 8.46. The lowest BCUT2D eigenvalue weighted by molar-refractivity contribution is 0.103. The van der Waals surface area contributed by atoms with Gasteiger partial charge < -0.3 is 4.57 Å². The molecular formula is C15H17NOSi. The van der Waals surface area contributed by atoms with Gasteiger partial charge in [-0.15, -0.1) is 0 Å². The first-order valence-corrected chi connectivity index (χ1v) is 9.88. The maximum Gasteiger partial charge on any atom is 0.206 e. The number of carbonyl (C=O) groups is 1. The predicted octanol–water partition coefficient (Wildman–Crippen LogP) is 3.64. The third-order valence-corrected chi connectivity index (χ3v) is 4.49. The van der Waals surface area contributed by atoms with Crippen molar-refractivity contribution in [2.24, 2.45) is 0 Å². The maximum atomic E-state index is 12.4. The lowest BCUT2D eigenvalue weighted by Gasteiger charge is -2.10. The third kappa shape index (κ3) is 1.75. The number of rotatable bonds is 1. The fraction of sp³-hybridized carbons (Fsp3) is 0.267. The van der Waals surface area contributed by atoms with Crippen LogP contribution in [-0.4, -0.2) is 18.4 Å². The molecule has 0 radical (unpaired) electrons. The predicted molar refractivity (Wildman–Crippen MR) is 77.7 cm³/mol. The van der Waals surface area contributed by atoms with E-state index in [-0.39, 0.29) is 5.78 Å². The Kier molecular flexibility index (Phi) is 2.35. The number of hydrogen-bond acceptors (Lipinski definition) is 1. The number of carbonyl (C=O) groups excluding carboxylic acids is 1. The average molecular weight is 255 g/mol. The molecule has 1 aliphatic rings. The summed E-state index contributed by atoms with van der Waals surface area (Å²) in [6.45, 7) is 7.53. The van der Waals surface area contributed by atoms with Gasteiger partial charge in [0, 0.05) is 16.5 Å². The van der Waals surface area contributed by atoms with Crippen molar-refractivity contribution in [2.75, 3.05) is 0 Å². The first kappa shape index (κ1) is 11.5. The Morgan fingerprint density at radius 1 is 1.22 bits per heavy atom. The molecule has 0 fully saturated rings. The van der Waals surface area contributed by atoms with E-state index >= 15 is 0 Å². The van der Waals surface area contributed by atoms with Crippen LogP contribution >= 0.6 is 0 Å². The monoisotopic (exact) mass is 255 g/mol. The van der Waals surface area contributed by atoms with Crippen LogP contribution in [0.3, 0.4) is 0 Å². The van der Waals surface area contributed by atoms with E-state index in [1.54, 1.807) is 0 Å². The first-order valence-electron chi connectivity index (χ1n) is 6.30. The fourth-order valence-corrected chi connectivity index (χ4v) is 3.88. The molecule has 0 N–H and O–H groups in total. The average Bonchev–Trinajstić information content (AvgIpc) is 2.77. The highest BCUT2D eigenvalue weighted by Crippen LogP contribution is 2.29. The molecule has 0 amide bonds. The van der Waals surface area contributed by atoms with Gasteiger partial charge in [-0.2, -0.15) is 0 Å². The summed E-state index contributed by atoms with van der Waals surface area (Å²) in [4.78, 5) is 12.4. The lowest BCUT2D eigenvalue weighted by Crippen LogP contribution is -2.18. The Bertz CT molecular complexity index is 673. The largest absolute Gasteiger partial charge is 0.333 e. The minimum absolute atomic E-state index is 0.216. The van der Waals surface area contributed by atoms with Crippen LogP contribution < -0.4 is 0 Å². The van der Waals surface area contributed by atoms with Crippen molar-refractivity contribution >= 4 is 24.8 Å². The summed E-state index contributed by atoms with van der Waals surface area (Å²) in [6, 6.07) is 10.2. The number of aromatic nitrogens is 1. The molecule has 1 aromatic heterocycles. The summed E-state index contributed by atoms with van der Waals surface area (Å²) < 4.78 is 2.14. The van der Waals surface area contributed by atoms with Crippen molar-refractivity contribution in [1.82, 2.24) is 4.57 Å². The zero-order chi connectivity index (χ0) is 12.9. The van der Waals surface area contributed by atoms with Crippen LogP contribution in [0.1, 0.15) is 10.5 Å². The van der Waals surface area contributed by atoms with Gasteiger partial charge in [-0.1, -0.05) is 43.5 Å². The van der Waals surface area contributed by atoms with Crippen molar-refractivity contribution in [1.29, 1.82) is 0 Å². The van der Waals surface area contributed by atoms with Gasteiger partial charge in [-0.05, 0) is 12.1 Å². The second-order valence-corrected chi connectivity index (χ2v) is 11.1. The summed E-state index contributed by atoms with van der Waals surface area (Å²) in [5.41, 5.74) is 5.23. The Labute approximate surface area is 108 Å². The van der Waals surface area contributed by atoms with Gasteiger partial charge in [0.25, 0.3) is 0 Å². The lowest BCUT2D eigenvalue weighted by atomic mass is 10.1. The van der Waals surface area contributed by atoms with E-state index in [1.807, 2.05) is 18.2 Å². The standard InChI is InChI=1S/C15H17NOSi/c1-18(2,3)10-12-9-16-13-7-5-4-6-11(13)8-14(16)15(12)17/h4-8,10H,9H2,1-3H3/b12-10+. The quantitative estimate of drug-likeness (QED) is 0.563. The molecule has 2 nitrogen and oxygen atoms in total. The number of benzene rings is 1. The molecule has 1 aliphatic heterocycles. The molecule has 2 aromatic rings. The molecule has 3 rings (SSSR count). The van der Waals surface area contributed by atoms with Crippen LogP contribution in [0.4, 0.5) is 0 Å². The smallest absolute Gasteiger partial charge is 0.206 e. The molecule has 0 unspecified atom stereocenters. The van der Waals surface area contributed by atoms with Crippen molar-refractivity contribution in [3.8, 4) is 0 Å². The van der Waals surface area contributed by atoms with Crippen molar-refractivity contribution in [3.63, 3.8) is 0 Å². The van der Waals surface area contributed by atoms with Gasteiger partial charge in [0.15, 0.2) is 0 Å². The van der Waals surface area contributed by atoms with Crippen LogP contribution in [0, 0.1) is 0 Å². The van der Waals surface area contributed by atoms with E-state index in [0.29, 0.717) is 0 Å². The van der Waals surface area contributed by atoms with Gasteiger partial charge in [0.05, 0.1) is 20.3 Å². The molecule has 0 bridgehead atoms. The Hall–Kier alpha value is -1.61.